The van der Waals surface area contributed by atoms with Crippen LogP contribution >= 0.6 is 0 Å². The van der Waals surface area contributed by atoms with E-state index in [1.165, 1.54) is 18.5 Å². The van der Waals surface area contributed by atoms with E-state index in [2.05, 4.69) is 20.2 Å². The van der Waals surface area contributed by atoms with Crippen LogP contribution in [0, 0.1) is 5.82 Å². The van der Waals surface area contributed by atoms with Gasteiger partial charge in [0.2, 0.25) is 0 Å². The molecular formula is C22H25FN4O3. The number of aromatic nitrogens is 2. The average molecular weight is 412 g/mol. The molecule has 0 radical (unpaired) electrons. The van der Waals surface area contributed by atoms with E-state index >= 15 is 0 Å². The molecule has 0 saturated carbocycles. The summed E-state index contributed by atoms with van der Waals surface area (Å²) in [6.45, 7) is 5.07. The first kappa shape index (κ1) is 20.3. The van der Waals surface area contributed by atoms with Crippen LogP contribution in [0.25, 0.3) is 10.9 Å². The van der Waals surface area contributed by atoms with E-state index in [0.29, 0.717) is 23.9 Å². The van der Waals surface area contributed by atoms with Gasteiger partial charge in [0.15, 0.2) is 11.5 Å². The van der Waals surface area contributed by atoms with Crippen molar-refractivity contribution in [2.24, 2.45) is 0 Å². The summed E-state index contributed by atoms with van der Waals surface area (Å²) in [4.78, 5) is 11.1. The van der Waals surface area contributed by atoms with Crippen LogP contribution in [0.4, 0.5) is 15.9 Å². The fourth-order valence-corrected chi connectivity index (χ4v) is 3.40. The highest BCUT2D eigenvalue weighted by molar-refractivity contribution is 5.93. The Bertz CT molecular complexity index is 978. The Hall–Kier alpha value is -2.97. The van der Waals surface area contributed by atoms with E-state index in [9.17, 15) is 4.39 Å². The van der Waals surface area contributed by atoms with Crippen LogP contribution in [0.15, 0.2) is 42.7 Å². The number of rotatable bonds is 8. The Labute approximate surface area is 174 Å². The quantitative estimate of drug-likeness (QED) is 0.567. The number of nitrogens with zero attached hydrogens (tertiary/aromatic N) is 3. The average Bonchev–Trinajstić information content (AvgIpc) is 2.78. The van der Waals surface area contributed by atoms with Gasteiger partial charge in [0.05, 0.1) is 32.4 Å². The smallest absolute Gasteiger partial charge is 0.162 e. The fraction of sp³-hybridized carbons (Fsp3) is 0.364. The van der Waals surface area contributed by atoms with Gasteiger partial charge < -0.3 is 19.5 Å². The van der Waals surface area contributed by atoms with E-state index in [0.717, 1.165) is 55.9 Å². The van der Waals surface area contributed by atoms with Crippen molar-refractivity contribution < 1.29 is 18.6 Å². The molecule has 1 saturated heterocycles. The number of fused-ring (bicyclic) bond motifs is 1. The second-order valence-electron chi connectivity index (χ2n) is 7.03. The normalized spacial score (nSPS) is 14.6. The molecule has 2 heterocycles. The molecule has 0 spiro atoms. The number of ether oxygens (including phenoxy) is 3. The second kappa shape index (κ2) is 9.69. The first-order chi connectivity index (χ1) is 14.7. The zero-order valence-corrected chi connectivity index (χ0v) is 16.9. The van der Waals surface area contributed by atoms with Gasteiger partial charge in [0.25, 0.3) is 0 Å². The van der Waals surface area contributed by atoms with E-state index in [-0.39, 0.29) is 5.82 Å². The Morgan fingerprint density at radius 1 is 1.10 bits per heavy atom. The lowest BCUT2D eigenvalue weighted by Crippen LogP contribution is -2.37. The third kappa shape index (κ3) is 4.95. The molecular weight excluding hydrogens is 387 g/mol. The van der Waals surface area contributed by atoms with Gasteiger partial charge in [-0.05, 0) is 36.8 Å². The SMILES string of the molecule is COc1cc2ncnc(Nc3ccc(F)cc3)c2cc1OCCCN1CCOCC1. The highest BCUT2D eigenvalue weighted by Crippen LogP contribution is 2.34. The van der Waals surface area contributed by atoms with Gasteiger partial charge >= 0.3 is 0 Å². The summed E-state index contributed by atoms with van der Waals surface area (Å²) in [5.41, 5.74) is 1.47. The highest BCUT2D eigenvalue weighted by Gasteiger charge is 2.13. The lowest BCUT2D eigenvalue weighted by molar-refractivity contribution is 0.0357. The summed E-state index contributed by atoms with van der Waals surface area (Å²) in [6, 6.07) is 9.85. The molecule has 8 heteroatoms. The maximum Gasteiger partial charge on any atom is 0.162 e. The van der Waals surface area contributed by atoms with E-state index in [1.807, 2.05) is 12.1 Å². The molecule has 3 aromatic rings. The van der Waals surface area contributed by atoms with Crippen molar-refractivity contribution in [3.05, 3.63) is 48.5 Å². The Kier molecular flexibility index (Phi) is 6.56. The molecule has 4 rings (SSSR count). The van der Waals surface area contributed by atoms with Crippen molar-refractivity contribution in [3.63, 3.8) is 0 Å². The summed E-state index contributed by atoms with van der Waals surface area (Å²) >= 11 is 0. The monoisotopic (exact) mass is 412 g/mol. The van der Waals surface area contributed by atoms with Crippen LogP contribution in [-0.2, 0) is 4.74 Å². The van der Waals surface area contributed by atoms with Crippen molar-refractivity contribution in [3.8, 4) is 11.5 Å². The topological polar surface area (TPSA) is 68.7 Å². The molecule has 1 fully saturated rings. The summed E-state index contributed by atoms with van der Waals surface area (Å²) in [5, 5.41) is 4.01. The third-order valence-electron chi connectivity index (χ3n) is 5.01. The number of benzene rings is 2. The number of methoxy groups -OCH3 is 1. The molecule has 1 aliphatic rings. The van der Waals surface area contributed by atoms with Crippen LogP contribution in [0.3, 0.4) is 0 Å². The fourth-order valence-electron chi connectivity index (χ4n) is 3.40. The summed E-state index contributed by atoms with van der Waals surface area (Å²) in [6.07, 6.45) is 2.39. The van der Waals surface area contributed by atoms with Crippen molar-refractivity contribution in [1.29, 1.82) is 0 Å². The summed E-state index contributed by atoms with van der Waals surface area (Å²) in [7, 11) is 1.61. The van der Waals surface area contributed by atoms with E-state index in [4.69, 9.17) is 14.2 Å². The number of halogens is 1. The minimum absolute atomic E-state index is 0.286. The lowest BCUT2D eigenvalue weighted by atomic mass is 10.2. The number of hydrogen-bond acceptors (Lipinski definition) is 7. The first-order valence-electron chi connectivity index (χ1n) is 10.0. The molecule has 1 aromatic heterocycles. The molecule has 1 aliphatic heterocycles. The largest absolute Gasteiger partial charge is 0.493 e. The molecule has 7 nitrogen and oxygen atoms in total. The van der Waals surface area contributed by atoms with Gasteiger partial charge in [-0.2, -0.15) is 0 Å². The molecule has 0 aliphatic carbocycles. The van der Waals surface area contributed by atoms with E-state index < -0.39 is 0 Å². The number of nitrogens with one attached hydrogen (secondary N) is 1. The molecule has 0 unspecified atom stereocenters. The number of anilines is 2. The molecule has 158 valence electrons. The van der Waals surface area contributed by atoms with E-state index in [1.54, 1.807) is 19.2 Å². The molecule has 0 atom stereocenters. The maximum absolute atomic E-state index is 13.2. The number of hydrogen-bond donors (Lipinski definition) is 1. The maximum atomic E-state index is 13.2. The van der Waals surface area contributed by atoms with Crippen LogP contribution in [0.5, 0.6) is 11.5 Å². The lowest BCUT2D eigenvalue weighted by Gasteiger charge is -2.26. The van der Waals surface area contributed by atoms with Crippen molar-refractivity contribution in [1.82, 2.24) is 14.9 Å². The first-order valence-corrected chi connectivity index (χ1v) is 10.0. The summed E-state index contributed by atoms with van der Waals surface area (Å²) in [5.74, 6) is 1.60. The Morgan fingerprint density at radius 3 is 2.67 bits per heavy atom. The Balaban J connectivity index is 1.49. The Morgan fingerprint density at radius 2 is 1.90 bits per heavy atom. The van der Waals surface area contributed by atoms with Crippen molar-refractivity contribution >= 4 is 22.4 Å². The van der Waals surface area contributed by atoms with Crippen LogP contribution in [-0.4, -0.2) is 61.4 Å². The van der Waals surface area contributed by atoms with Gasteiger partial charge in [-0.25, -0.2) is 14.4 Å². The van der Waals surface area contributed by atoms with Gasteiger partial charge in [-0.3, -0.25) is 4.90 Å². The molecule has 0 bridgehead atoms. The van der Waals surface area contributed by atoms with Crippen molar-refractivity contribution in [2.45, 2.75) is 6.42 Å². The second-order valence-corrected chi connectivity index (χ2v) is 7.03. The summed E-state index contributed by atoms with van der Waals surface area (Å²) < 4.78 is 30.1. The van der Waals surface area contributed by atoms with Crippen LogP contribution < -0.4 is 14.8 Å². The van der Waals surface area contributed by atoms with Gasteiger partial charge in [-0.15, -0.1) is 0 Å². The minimum atomic E-state index is -0.286. The predicted molar refractivity (Wildman–Crippen MR) is 113 cm³/mol. The van der Waals surface area contributed by atoms with Crippen LogP contribution in [0.2, 0.25) is 0 Å². The molecule has 0 amide bonds. The molecule has 2 aromatic carbocycles. The minimum Gasteiger partial charge on any atom is -0.493 e. The van der Waals surface area contributed by atoms with Crippen LogP contribution in [0.1, 0.15) is 6.42 Å². The highest BCUT2D eigenvalue weighted by atomic mass is 19.1. The molecule has 30 heavy (non-hydrogen) atoms. The standard InChI is InChI=1S/C22H25FN4O3/c1-28-20-14-19-18(13-21(20)30-10-2-7-27-8-11-29-12-9-27)22(25-15-24-19)26-17-5-3-16(23)4-6-17/h3-6,13-15H,2,7-12H2,1H3,(H,24,25,26). The zero-order chi connectivity index (χ0) is 20.8. The number of morpholine rings is 1. The molecule has 1 N–H and O–H groups in total. The predicted octanol–water partition coefficient (Wildman–Crippen LogP) is 3.62. The van der Waals surface area contributed by atoms with Gasteiger partial charge in [0, 0.05) is 36.8 Å². The van der Waals surface area contributed by atoms with Crippen molar-refractivity contribution in [2.75, 3.05) is 51.9 Å². The third-order valence-corrected chi connectivity index (χ3v) is 5.01. The van der Waals surface area contributed by atoms with Gasteiger partial charge in [0.1, 0.15) is 18.0 Å². The van der Waals surface area contributed by atoms with Gasteiger partial charge in [-0.1, -0.05) is 0 Å². The zero-order valence-electron chi connectivity index (χ0n) is 16.9.